The summed E-state index contributed by atoms with van der Waals surface area (Å²) < 4.78 is 0.959. The summed E-state index contributed by atoms with van der Waals surface area (Å²) in [6.45, 7) is 3.76. The smallest absolute Gasteiger partial charge is 0.0777 e. The maximum atomic E-state index is 3.76. The molecule has 0 N–H and O–H groups in total. The van der Waals surface area contributed by atoms with E-state index < -0.39 is 0 Å². The molecule has 60 valence electrons. The van der Waals surface area contributed by atoms with Crippen LogP contribution in [0.3, 0.4) is 0 Å². The van der Waals surface area contributed by atoms with E-state index in [1.807, 2.05) is 12.2 Å². The van der Waals surface area contributed by atoms with Gasteiger partial charge in [-0.25, -0.2) is 0 Å². The lowest BCUT2D eigenvalue weighted by Gasteiger charge is -2.26. The van der Waals surface area contributed by atoms with Crippen LogP contribution >= 0.6 is 47.8 Å². The molecule has 0 saturated heterocycles. The van der Waals surface area contributed by atoms with Crippen molar-refractivity contribution in [3.63, 3.8) is 0 Å². The summed E-state index contributed by atoms with van der Waals surface area (Å²) in [7, 11) is 0. The van der Waals surface area contributed by atoms with Crippen molar-refractivity contribution in [1.29, 1.82) is 0 Å². The lowest BCUT2D eigenvalue weighted by Crippen LogP contribution is -2.27. The Labute approximate surface area is 91.8 Å². The maximum Gasteiger partial charge on any atom is 0.0777 e. The molecule has 1 aliphatic carbocycles. The van der Waals surface area contributed by atoms with Gasteiger partial charge in [-0.2, -0.15) is 0 Å². The Morgan fingerprint density at radius 2 is 2.27 bits per heavy atom. The standard InChI is InChI=1S/C8H7Br3/c1-2-8(11)4-3-6(9)5-7(8)10/h2-5,7H,1H2. The average molecular weight is 343 g/mol. The first-order valence-electron chi connectivity index (χ1n) is 3.11. The van der Waals surface area contributed by atoms with E-state index in [0.717, 1.165) is 4.48 Å². The van der Waals surface area contributed by atoms with E-state index in [0.29, 0.717) is 0 Å². The topological polar surface area (TPSA) is 0 Å². The van der Waals surface area contributed by atoms with E-state index in [1.165, 1.54) is 0 Å². The molecule has 0 heterocycles. The summed E-state index contributed by atoms with van der Waals surface area (Å²) in [5.41, 5.74) is 0. The predicted octanol–water partition coefficient (Wildman–Crippen LogP) is 3.92. The minimum atomic E-state index is -0.135. The highest BCUT2D eigenvalue weighted by Gasteiger charge is 2.29. The summed E-state index contributed by atoms with van der Waals surface area (Å²) in [6.07, 6.45) is 8.02. The van der Waals surface area contributed by atoms with Crippen LogP contribution in [0.1, 0.15) is 0 Å². The summed E-state index contributed by atoms with van der Waals surface area (Å²) in [4.78, 5) is 0.256. The monoisotopic (exact) mass is 340 g/mol. The molecule has 0 spiro atoms. The van der Waals surface area contributed by atoms with Crippen molar-refractivity contribution < 1.29 is 0 Å². The van der Waals surface area contributed by atoms with Crippen LogP contribution in [0.25, 0.3) is 0 Å². The second-order valence-corrected chi connectivity index (χ2v) is 5.59. The Kier molecular flexibility index (Phi) is 3.18. The largest absolute Gasteiger partial charge is 0.101 e. The third-order valence-corrected chi connectivity index (χ3v) is 4.79. The summed E-state index contributed by atoms with van der Waals surface area (Å²) in [5, 5.41) is 0. The Morgan fingerprint density at radius 1 is 1.64 bits per heavy atom. The van der Waals surface area contributed by atoms with Gasteiger partial charge in [-0.3, -0.25) is 0 Å². The zero-order valence-electron chi connectivity index (χ0n) is 5.73. The van der Waals surface area contributed by atoms with Gasteiger partial charge in [0, 0.05) is 4.48 Å². The fraction of sp³-hybridized carbons (Fsp3) is 0.250. The fourth-order valence-electron chi connectivity index (χ4n) is 0.803. The number of alkyl halides is 2. The van der Waals surface area contributed by atoms with Gasteiger partial charge in [0.15, 0.2) is 0 Å². The lowest BCUT2D eigenvalue weighted by atomic mass is 10.0. The molecular formula is C8H7Br3. The van der Waals surface area contributed by atoms with Crippen molar-refractivity contribution in [2.24, 2.45) is 0 Å². The van der Waals surface area contributed by atoms with Crippen LogP contribution in [0, 0.1) is 0 Å². The van der Waals surface area contributed by atoms with Gasteiger partial charge < -0.3 is 0 Å². The Morgan fingerprint density at radius 3 is 2.73 bits per heavy atom. The van der Waals surface area contributed by atoms with Gasteiger partial charge in [0.1, 0.15) is 0 Å². The van der Waals surface area contributed by atoms with Crippen LogP contribution in [0.15, 0.2) is 35.4 Å². The molecule has 3 heteroatoms. The number of hydrogen-bond donors (Lipinski definition) is 0. The number of rotatable bonds is 1. The van der Waals surface area contributed by atoms with Gasteiger partial charge in [-0.05, 0) is 0 Å². The molecule has 0 aromatic carbocycles. The summed E-state index contributed by atoms with van der Waals surface area (Å²) in [6, 6.07) is 0. The maximum absolute atomic E-state index is 3.76. The van der Waals surface area contributed by atoms with E-state index in [9.17, 15) is 0 Å². The van der Waals surface area contributed by atoms with Gasteiger partial charge in [0.2, 0.25) is 0 Å². The van der Waals surface area contributed by atoms with Crippen molar-refractivity contribution in [3.05, 3.63) is 35.4 Å². The van der Waals surface area contributed by atoms with Crippen LogP contribution in [0.4, 0.5) is 0 Å². The predicted molar refractivity (Wildman–Crippen MR) is 60.7 cm³/mol. The molecule has 0 aromatic heterocycles. The van der Waals surface area contributed by atoms with Crippen LogP contribution < -0.4 is 0 Å². The van der Waals surface area contributed by atoms with Gasteiger partial charge >= 0.3 is 0 Å². The van der Waals surface area contributed by atoms with Crippen molar-refractivity contribution in [1.82, 2.24) is 0 Å². The second kappa shape index (κ2) is 3.58. The number of hydrogen-bond acceptors (Lipinski definition) is 0. The van der Waals surface area contributed by atoms with Crippen molar-refractivity contribution in [2.45, 2.75) is 9.15 Å². The first-order valence-corrected chi connectivity index (χ1v) is 5.62. The summed E-state index contributed by atoms with van der Waals surface area (Å²) in [5.74, 6) is 0. The van der Waals surface area contributed by atoms with E-state index >= 15 is 0 Å². The van der Waals surface area contributed by atoms with Crippen LogP contribution in [0.5, 0.6) is 0 Å². The Balaban J connectivity index is 2.92. The molecule has 0 saturated carbocycles. The third kappa shape index (κ3) is 2.07. The van der Waals surface area contributed by atoms with Crippen molar-refractivity contribution in [3.8, 4) is 0 Å². The van der Waals surface area contributed by atoms with Gasteiger partial charge in [0.25, 0.3) is 0 Å². The lowest BCUT2D eigenvalue weighted by molar-refractivity contribution is 0.933. The molecule has 0 aliphatic heterocycles. The molecule has 0 radical (unpaired) electrons. The van der Waals surface area contributed by atoms with E-state index in [4.69, 9.17) is 0 Å². The van der Waals surface area contributed by atoms with E-state index in [-0.39, 0.29) is 9.15 Å². The van der Waals surface area contributed by atoms with Crippen molar-refractivity contribution in [2.75, 3.05) is 0 Å². The zero-order valence-corrected chi connectivity index (χ0v) is 10.5. The van der Waals surface area contributed by atoms with E-state index in [2.05, 4.69) is 66.5 Å². The normalized spacial score (nSPS) is 36.6. The molecule has 1 rings (SSSR count). The van der Waals surface area contributed by atoms with Crippen LogP contribution in [-0.2, 0) is 0 Å². The van der Waals surface area contributed by atoms with Crippen LogP contribution in [0.2, 0.25) is 0 Å². The Hall–Kier alpha value is 0.660. The molecule has 1 aliphatic rings. The molecule has 0 amide bonds. The van der Waals surface area contributed by atoms with Crippen molar-refractivity contribution >= 4 is 47.8 Å². The molecule has 0 fully saturated rings. The van der Waals surface area contributed by atoms with Gasteiger partial charge in [-0.1, -0.05) is 72.1 Å². The highest BCUT2D eigenvalue weighted by Crippen LogP contribution is 2.36. The number of halogens is 3. The van der Waals surface area contributed by atoms with Crippen LogP contribution in [-0.4, -0.2) is 9.15 Å². The van der Waals surface area contributed by atoms with Gasteiger partial charge in [0.05, 0.1) is 9.15 Å². The quantitative estimate of drug-likeness (QED) is 0.500. The average Bonchev–Trinajstić information content (AvgIpc) is 1.98. The second-order valence-electron chi connectivity index (χ2n) is 2.32. The first-order chi connectivity index (χ1) is 5.08. The molecule has 11 heavy (non-hydrogen) atoms. The molecule has 0 bridgehead atoms. The highest BCUT2D eigenvalue weighted by molar-refractivity contribution is 9.13. The fourth-order valence-corrected chi connectivity index (χ4v) is 2.44. The first kappa shape index (κ1) is 9.75. The highest BCUT2D eigenvalue weighted by atomic mass is 79.9. The third-order valence-electron chi connectivity index (χ3n) is 1.54. The molecule has 2 atom stereocenters. The SMILES string of the molecule is C=CC1(Br)C=CC(Br)=CC1Br. The minimum absolute atomic E-state index is 0.135. The minimum Gasteiger partial charge on any atom is -0.101 e. The Bertz CT molecular complexity index is 229. The van der Waals surface area contributed by atoms with Gasteiger partial charge in [-0.15, -0.1) is 6.58 Å². The van der Waals surface area contributed by atoms with E-state index in [1.54, 1.807) is 0 Å². The molecule has 2 unspecified atom stereocenters. The molecule has 0 nitrogen and oxygen atoms in total. The number of allylic oxidation sites excluding steroid dienone is 5. The molecular weight excluding hydrogens is 336 g/mol. The molecule has 0 aromatic rings. The summed E-state index contributed by atoms with van der Waals surface area (Å²) >= 11 is 10.5. The zero-order chi connectivity index (χ0) is 8.48.